The molecule has 0 saturated heterocycles. The Morgan fingerprint density at radius 2 is 1.92 bits per heavy atom. The van der Waals surface area contributed by atoms with Gasteiger partial charge in [-0.2, -0.15) is 5.10 Å². The lowest BCUT2D eigenvalue weighted by Gasteiger charge is -2.15. The highest BCUT2D eigenvalue weighted by molar-refractivity contribution is 6.76. The molecule has 0 aromatic heterocycles. The average molecular weight is 352 g/mol. The Bertz CT molecular complexity index is 513. The highest BCUT2D eigenvalue weighted by Crippen LogP contribution is 2.11. The molecule has 0 atom stereocenters. The van der Waals surface area contributed by atoms with Gasteiger partial charge in [0.25, 0.3) is 0 Å². The Morgan fingerprint density at radius 1 is 1.21 bits per heavy atom. The first-order chi connectivity index (χ1) is 11.4. The zero-order valence-electron chi connectivity index (χ0n) is 15.1. The van der Waals surface area contributed by atoms with Crippen molar-refractivity contribution in [2.45, 2.75) is 32.1 Å². The Morgan fingerprint density at radius 3 is 2.54 bits per heavy atom. The maximum Gasteiger partial charge on any atom is 0.335 e. The molecule has 0 bridgehead atoms. The van der Waals surface area contributed by atoms with Crippen LogP contribution in [0, 0.1) is 0 Å². The lowest BCUT2D eigenvalue weighted by atomic mass is 10.2. The van der Waals surface area contributed by atoms with E-state index in [9.17, 15) is 4.79 Å². The highest BCUT2D eigenvalue weighted by atomic mass is 28.3. The third kappa shape index (κ3) is 10.0. The summed E-state index contributed by atoms with van der Waals surface area (Å²) in [6.45, 7) is 8.73. The largest absolute Gasteiger partial charge is 0.491 e. The van der Waals surface area contributed by atoms with Gasteiger partial charge >= 0.3 is 6.03 Å². The summed E-state index contributed by atoms with van der Waals surface area (Å²) in [5.74, 6) is 0.775. The predicted octanol–water partition coefficient (Wildman–Crippen LogP) is 3.07. The van der Waals surface area contributed by atoms with Crippen molar-refractivity contribution in [3.05, 3.63) is 29.8 Å². The zero-order chi connectivity index (χ0) is 17.8. The van der Waals surface area contributed by atoms with Gasteiger partial charge < -0.3 is 14.8 Å². The summed E-state index contributed by atoms with van der Waals surface area (Å²) >= 11 is 0. The summed E-state index contributed by atoms with van der Waals surface area (Å²) in [5.41, 5.74) is 3.35. The second kappa shape index (κ2) is 10.8. The van der Waals surface area contributed by atoms with E-state index < -0.39 is 8.07 Å². The third-order valence-electron chi connectivity index (χ3n) is 3.21. The number of amides is 2. The van der Waals surface area contributed by atoms with Crippen molar-refractivity contribution in [3.63, 3.8) is 0 Å². The molecular weight excluding hydrogens is 322 g/mol. The van der Waals surface area contributed by atoms with Gasteiger partial charge in [0.05, 0.1) is 12.8 Å². The molecule has 6 nitrogen and oxygen atoms in total. The van der Waals surface area contributed by atoms with Gasteiger partial charge in [-0.1, -0.05) is 25.7 Å². The van der Waals surface area contributed by atoms with Crippen LogP contribution in [0.3, 0.4) is 0 Å². The normalized spacial score (nSPS) is 11.5. The summed E-state index contributed by atoms with van der Waals surface area (Å²) in [5, 5.41) is 6.74. The molecule has 0 aliphatic carbocycles. The van der Waals surface area contributed by atoms with Crippen LogP contribution in [0.25, 0.3) is 0 Å². The van der Waals surface area contributed by atoms with Crippen molar-refractivity contribution in [1.82, 2.24) is 10.7 Å². The molecule has 7 heteroatoms. The predicted molar refractivity (Wildman–Crippen MR) is 101 cm³/mol. The number of nitrogens with zero attached hydrogens (tertiary/aromatic N) is 1. The van der Waals surface area contributed by atoms with Crippen molar-refractivity contribution >= 4 is 20.3 Å². The minimum absolute atomic E-state index is 0.277. The van der Waals surface area contributed by atoms with Gasteiger partial charge in [-0.05, 0) is 36.2 Å². The molecule has 2 amide bonds. The summed E-state index contributed by atoms with van der Waals surface area (Å²) in [6.07, 6.45) is 2.61. The number of nitrogens with one attached hydrogen (secondary N) is 2. The molecule has 24 heavy (non-hydrogen) atoms. The molecule has 0 heterocycles. The summed E-state index contributed by atoms with van der Waals surface area (Å²) in [6, 6.07) is 8.38. The van der Waals surface area contributed by atoms with E-state index in [4.69, 9.17) is 9.47 Å². The van der Waals surface area contributed by atoms with Crippen LogP contribution in [0.15, 0.2) is 29.4 Å². The minimum Gasteiger partial charge on any atom is -0.491 e. The Hall–Kier alpha value is -1.86. The second-order valence-corrected chi connectivity index (χ2v) is 12.3. The molecule has 0 aliphatic rings. The van der Waals surface area contributed by atoms with Crippen LogP contribution in [0.2, 0.25) is 25.7 Å². The topological polar surface area (TPSA) is 72.0 Å². The van der Waals surface area contributed by atoms with Gasteiger partial charge in [-0.15, -0.1) is 0 Å². The van der Waals surface area contributed by atoms with Crippen LogP contribution in [-0.2, 0) is 4.74 Å². The standard InChI is InChI=1S/C17H29N3O3Si/c1-22-11-12-23-16-8-6-15(7-9-16)14-19-20-17(21)18-10-5-13-24(2,3)4/h6-9,14H,5,10-13H2,1-4H3,(H2,18,20,21). The van der Waals surface area contributed by atoms with E-state index in [-0.39, 0.29) is 6.03 Å². The van der Waals surface area contributed by atoms with Gasteiger partial charge in [-0.3, -0.25) is 0 Å². The van der Waals surface area contributed by atoms with Crippen molar-refractivity contribution in [3.8, 4) is 5.75 Å². The molecule has 0 saturated carbocycles. The van der Waals surface area contributed by atoms with Crippen molar-refractivity contribution < 1.29 is 14.3 Å². The first kappa shape index (κ1) is 20.2. The number of methoxy groups -OCH3 is 1. The molecule has 1 rings (SSSR count). The lowest BCUT2D eigenvalue weighted by Crippen LogP contribution is -2.33. The highest BCUT2D eigenvalue weighted by Gasteiger charge is 2.11. The number of ether oxygens (including phenoxy) is 2. The van der Waals surface area contributed by atoms with E-state index in [0.717, 1.165) is 17.7 Å². The van der Waals surface area contributed by atoms with Crippen LogP contribution in [0.4, 0.5) is 4.79 Å². The van der Waals surface area contributed by atoms with Crippen LogP contribution in [0.1, 0.15) is 12.0 Å². The average Bonchev–Trinajstić information content (AvgIpc) is 2.52. The molecule has 0 spiro atoms. The quantitative estimate of drug-likeness (QED) is 0.294. The van der Waals surface area contributed by atoms with E-state index in [1.165, 1.54) is 6.04 Å². The molecule has 2 N–H and O–H groups in total. The molecule has 134 valence electrons. The molecule has 1 aromatic rings. The van der Waals surface area contributed by atoms with Crippen LogP contribution >= 0.6 is 0 Å². The Labute approximate surface area is 145 Å². The number of carbonyl (C=O) groups excluding carboxylic acids is 1. The monoisotopic (exact) mass is 351 g/mol. The van der Waals surface area contributed by atoms with Gasteiger partial charge in [0.2, 0.25) is 0 Å². The minimum atomic E-state index is -1.03. The van der Waals surface area contributed by atoms with Gasteiger partial charge in [0.15, 0.2) is 0 Å². The SMILES string of the molecule is COCCOc1ccc(C=NNC(=O)NCCC[Si](C)(C)C)cc1. The maximum absolute atomic E-state index is 11.6. The smallest absolute Gasteiger partial charge is 0.335 e. The summed E-state index contributed by atoms with van der Waals surface area (Å²) < 4.78 is 10.4. The van der Waals surface area contributed by atoms with E-state index >= 15 is 0 Å². The Balaban J connectivity index is 2.24. The fourth-order valence-electron chi connectivity index (χ4n) is 1.92. The molecule has 0 aliphatic heterocycles. The number of hydrogen-bond donors (Lipinski definition) is 2. The molecule has 0 radical (unpaired) electrons. The van der Waals surface area contributed by atoms with Crippen molar-refractivity contribution in [1.29, 1.82) is 0 Å². The van der Waals surface area contributed by atoms with E-state index in [2.05, 4.69) is 35.5 Å². The number of urea groups is 1. The molecule has 0 unspecified atom stereocenters. The first-order valence-corrected chi connectivity index (χ1v) is 11.9. The second-order valence-electron chi connectivity index (χ2n) is 6.70. The zero-order valence-corrected chi connectivity index (χ0v) is 16.1. The van der Waals surface area contributed by atoms with E-state index in [1.807, 2.05) is 24.3 Å². The maximum atomic E-state index is 11.6. The van der Waals surface area contributed by atoms with Crippen molar-refractivity contribution in [2.24, 2.45) is 5.10 Å². The number of rotatable bonds is 10. The summed E-state index contributed by atoms with van der Waals surface area (Å²) in [4.78, 5) is 11.6. The number of benzene rings is 1. The van der Waals surface area contributed by atoms with E-state index in [0.29, 0.717) is 19.8 Å². The Kier molecular flexibility index (Phi) is 9.10. The van der Waals surface area contributed by atoms with Crippen LogP contribution < -0.4 is 15.5 Å². The first-order valence-electron chi connectivity index (χ1n) is 8.19. The van der Waals surface area contributed by atoms with Gasteiger partial charge in [0, 0.05) is 21.7 Å². The fraction of sp³-hybridized carbons (Fsp3) is 0.529. The van der Waals surface area contributed by atoms with Crippen LogP contribution in [-0.4, -0.2) is 47.2 Å². The molecule has 1 aromatic carbocycles. The lowest BCUT2D eigenvalue weighted by molar-refractivity contribution is 0.146. The molecule has 0 fully saturated rings. The number of hydrazone groups is 1. The molecular formula is C17H29N3O3Si. The van der Waals surface area contributed by atoms with Gasteiger partial charge in [0.1, 0.15) is 12.4 Å². The van der Waals surface area contributed by atoms with Gasteiger partial charge in [-0.25, -0.2) is 10.2 Å². The van der Waals surface area contributed by atoms with Crippen molar-refractivity contribution in [2.75, 3.05) is 26.9 Å². The number of carbonyl (C=O) groups is 1. The fourth-order valence-corrected chi connectivity index (χ4v) is 3.16. The third-order valence-corrected chi connectivity index (χ3v) is 5.06. The number of hydrogen-bond acceptors (Lipinski definition) is 4. The van der Waals surface area contributed by atoms with E-state index in [1.54, 1.807) is 13.3 Å². The van der Waals surface area contributed by atoms with Crippen LogP contribution in [0.5, 0.6) is 5.75 Å². The summed E-state index contributed by atoms with van der Waals surface area (Å²) in [7, 11) is 0.604.